The molecule has 6 nitrogen and oxygen atoms in total. The van der Waals surface area contributed by atoms with E-state index in [1.165, 1.54) is 4.90 Å². The van der Waals surface area contributed by atoms with Gasteiger partial charge in [-0.15, -0.1) is 0 Å². The third kappa shape index (κ3) is 3.30. The summed E-state index contributed by atoms with van der Waals surface area (Å²) in [4.78, 5) is 34.2. The molecule has 2 saturated heterocycles. The number of benzene rings is 3. The molecule has 156 valence electrons. The monoisotopic (exact) mass is 478 g/mol. The third-order valence-electron chi connectivity index (χ3n) is 5.65. The number of nitrogens with zero attached hydrogens (tertiary/aromatic N) is 2. The Hall–Kier alpha value is -3.16. The number of anilines is 2. The maximum atomic E-state index is 13.6. The number of ether oxygens (including phenoxy) is 1. The molecule has 7 heteroatoms. The number of halogens is 1. The molecular formula is C24H19BrN2O4. The van der Waals surface area contributed by atoms with Crippen molar-refractivity contribution in [2.45, 2.75) is 12.1 Å². The number of hydrogen-bond acceptors (Lipinski definition) is 5. The predicted molar refractivity (Wildman–Crippen MR) is 120 cm³/mol. The van der Waals surface area contributed by atoms with Gasteiger partial charge in [0.25, 0.3) is 5.91 Å². The maximum absolute atomic E-state index is 13.6. The summed E-state index contributed by atoms with van der Waals surface area (Å²) in [5, 5.41) is 1.69. The van der Waals surface area contributed by atoms with Gasteiger partial charge in [0, 0.05) is 4.47 Å². The van der Waals surface area contributed by atoms with E-state index >= 15 is 0 Å². The number of amides is 2. The summed E-state index contributed by atoms with van der Waals surface area (Å²) >= 11 is 3.51. The Morgan fingerprint density at radius 3 is 2.29 bits per heavy atom. The first-order chi connectivity index (χ1) is 15.1. The van der Waals surface area contributed by atoms with Crippen LogP contribution in [0.3, 0.4) is 0 Å². The zero-order chi connectivity index (χ0) is 21.5. The standard InChI is InChI=1S/C24H19BrN2O4/c1-30-19-12-10-17(11-13-19)26-23(28)20-21(15-6-5-7-16(25)14-15)27(31-22(20)24(26)29)18-8-3-2-4-9-18/h2-14,20-22H,1H3/t20-,21+,22-/m0/s1. The first-order valence-electron chi connectivity index (χ1n) is 9.87. The van der Waals surface area contributed by atoms with E-state index in [1.54, 1.807) is 36.4 Å². The minimum atomic E-state index is -0.890. The van der Waals surface area contributed by atoms with Gasteiger partial charge in [0.1, 0.15) is 11.7 Å². The van der Waals surface area contributed by atoms with Gasteiger partial charge >= 0.3 is 0 Å². The van der Waals surface area contributed by atoms with Gasteiger partial charge in [0.2, 0.25) is 5.91 Å². The van der Waals surface area contributed by atoms with Crippen molar-refractivity contribution in [1.82, 2.24) is 0 Å². The number of carbonyl (C=O) groups excluding carboxylic acids is 2. The van der Waals surface area contributed by atoms with Crippen LogP contribution in [0, 0.1) is 5.92 Å². The molecule has 0 radical (unpaired) electrons. The minimum absolute atomic E-state index is 0.274. The molecule has 3 atom stereocenters. The smallest absolute Gasteiger partial charge is 0.266 e. The number of imide groups is 1. The normalized spacial score (nSPS) is 22.7. The Bertz CT molecular complexity index is 1140. The van der Waals surface area contributed by atoms with Gasteiger partial charge in [0.05, 0.1) is 24.5 Å². The Kier molecular flexibility index (Phi) is 5.00. The Labute approximate surface area is 188 Å². The van der Waals surface area contributed by atoms with E-state index in [-0.39, 0.29) is 11.8 Å². The quantitative estimate of drug-likeness (QED) is 0.516. The number of carbonyl (C=O) groups is 2. The predicted octanol–water partition coefficient (Wildman–Crippen LogP) is 4.51. The lowest BCUT2D eigenvalue weighted by Gasteiger charge is -2.28. The van der Waals surface area contributed by atoms with Gasteiger partial charge in [0.15, 0.2) is 6.10 Å². The highest BCUT2D eigenvalue weighted by Gasteiger charge is 2.60. The molecule has 3 aromatic rings. The van der Waals surface area contributed by atoms with Crippen LogP contribution in [0.1, 0.15) is 11.6 Å². The fourth-order valence-electron chi connectivity index (χ4n) is 4.23. The van der Waals surface area contributed by atoms with Crippen LogP contribution in [-0.2, 0) is 14.4 Å². The third-order valence-corrected chi connectivity index (χ3v) is 6.14. The summed E-state index contributed by atoms with van der Waals surface area (Å²) in [5.41, 5.74) is 2.19. The second-order valence-corrected chi connectivity index (χ2v) is 8.34. The number of methoxy groups -OCH3 is 1. The van der Waals surface area contributed by atoms with Crippen molar-refractivity contribution in [1.29, 1.82) is 0 Å². The van der Waals surface area contributed by atoms with Crippen molar-refractivity contribution in [2.24, 2.45) is 5.92 Å². The van der Waals surface area contributed by atoms with Gasteiger partial charge in [-0.1, -0.05) is 46.3 Å². The number of para-hydroxylation sites is 1. The van der Waals surface area contributed by atoms with Crippen molar-refractivity contribution in [3.05, 3.63) is 88.9 Å². The largest absolute Gasteiger partial charge is 0.497 e. The number of hydrogen-bond donors (Lipinski definition) is 0. The van der Waals surface area contributed by atoms with Crippen LogP contribution in [0.15, 0.2) is 83.3 Å². The zero-order valence-electron chi connectivity index (χ0n) is 16.6. The Morgan fingerprint density at radius 2 is 1.61 bits per heavy atom. The van der Waals surface area contributed by atoms with E-state index in [0.717, 1.165) is 15.7 Å². The van der Waals surface area contributed by atoms with Crippen molar-refractivity contribution >= 4 is 39.1 Å². The van der Waals surface area contributed by atoms with Gasteiger partial charge in [-0.2, -0.15) is 0 Å². The van der Waals surface area contributed by atoms with Crippen molar-refractivity contribution < 1.29 is 19.2 Å². The van der Waals surface area contributed by atoms with Gasteiger partial charge in [-0.25, -0.2) is 9.96 Å². The average Bonchev–Trinajstić information content (AvgIpc) is 3.31. The van der Waals surface area contributed by atoms with Crippen molar-refractivity contribution in [2.75, 3.05) is 17.1 Å². The number of hydroxylamine groups is 1. The SMILES string of the molecule is COc1ccc(N2C(=O)[C@@H]3[C@H](ON(c4ccccc4)[C@@H]3c3cccc(Br)c3)C2=O)cc1. The topological polar surface area (TPSA) is 59.1 Å². The van der Waals surface area contributed by atoms with E-state index < -0.39 is 18.1 Å². The lowest BCUT2D eigenvalue weighted by molar-refractivity contribution is -0.126. The molecule has 0 aromatic heterocycles. The van der Waals surface area contributed by atoms with Gasteiger partial charge in [-0.3, -0.25) is 14.4 Å². The van der Waals surface area contributed by atoms with Crippen LogP contribution in [0.2, 0.25) is 0 Å². The highest BCUT2D eigenvalue weighted by molar-refractivity contribution is 9.10. The molecule has 0 N–H and O–H groups in total. The summed E-state index contributed by atoms with van der Waals surface area (Å²) in [6.45, 7) is 0. The molecule has 0 unspecified atom stereocenters. The maximum Gasteiger partial charge on any atom is 0.266 e. The summed E-state index contributed by atoms with van der Waals surface area (Å²) < 4.78 is 6.08. The van der Waals surface area contributed by atoms with E-state index in [1.807, 2.05) is 54.6 Å². The number of fused-ring (bicyclic) bond motifs is 1. The highest BCUT2D eigenvalue weighted by atomic mass is 79.9. The first kappa shape index (κ1) is 19.8. The van der Waals surface area contributed by atoms with Crippen LogP contribution in [0.25, 0.3) is 0 Å². The molecule has 2 amide bonds. The molecule has 3 aromatic carbocycles. The van der Waals surface area contributed by atoms with Crippen molar-refractivity contribution in [3.8, 4) is 5.75 Å². The molecule has 5 rings (SSSR count). The molecular weight excluding hydrogens is 460 g/mol. The average molecular weight is 479 g/mol. The molecule has 0 aliphatic carbocycles. The van der Waals surface area contributed by atoms with E-state index in [9.17, 15) is 9.59 Å². The van der Waals surface area contributed by atoms with Gasteiger partial charge < -0.3 is 4.74 Å². The van der Waals surface area contributed by atoms with Crippen LogP contribution in [0.4, 0.5) is 11.4 Å². The summed E-state index contributed by atoms with van der Waals surface area (Å²) in [7, 11) is 1.57. The zero-order valence-corrected chi connectivity index (χ0v) is 18.2. The summed E-state index contributed by atoms with van der Waals surface area (Å²) in [6.07, 6.45) is -0.890. The Morgan fingerprint density at radius 1 is 0.871 bits per heavy atom. The van der Waals surface area contributed by atoms with E-state index in [2.05, 4.69) is 15.9 Å². The Balaban J connectivity index is 1.57. The molecule has 0 spiro atoms. The molecule has 0 saturated carbocycles. The van der Waals surface area contributed by atoms with Crippen LogP contribution in [0.5, 0.6) is 5.75 Å². The molecule has 2 fully saturated rings. The lowest BCUT2D eigenvalue weighted by atomic mass is 9.90. The van der Waals surface area contributed by atoms with E-state index in [4.69, 9.17) is 9.57 Å². The molecule has 2 aliphatic heterocycles. The number of rotatable bonds is 4. The second-order valence-electron chi connectivity index (χ2n) is 7.42. The lowest BCUT2D eigenvalue weighted by Crippen LogP contribution is -2.37. The highest BCUT2D eigenvalue weighted by Crippen LogP contribution is 2.47. The molecule has 0 bridgehead atoms. The van der Waals surface area contributed by atoms with E-state index in [0.29, 0.717) is 11.4 Å². The molecule has 2 heterocycles. The van der Waals surface area contributed by atoms with Crippen LogP contribution in [-0.4, -0.2) is 25.0 Å². The summed E-state index contributed by atoms with van der Waals surface area (Å²) in [6, 6.07) is 23.7. The van der Waals surface area contributed by atoms with Gasteiger partial charge in [-0.05, 0) is 54.1 Å². The fraction of sp³-hybridized carbons (Fsp3) is 0.167. The molecule has 31 heavy (non-hydrogen) atoms. The fourth-order valence-corrected chi connectivity index (χ4v) is 4.65. The summed E-state index contributed by atoms with van der Waals surface area (Å²) in [5.74, 6) is -0.646. The van der Waals surface area contributed by atoms with Crippen molar-refractivity contribution in [3.63, 3.8) is 0 Å². The first-order valence-corrected chi connectivity index (χ1v) is 10.7. The molecule has 2 aliphatic rings. The van der Waals surface area contributed by atoms with Crippen LogP contribution >= 0.6 is 15.9 Å². The minimum Gasteiger partial charge on any atom is -0.497 e. The van der Waals surface area contributed by atoms with Crippen LogP contribution < -0.4 is 14.7 Å². The second kappa shape index (κ2) is 7.83.